The van der Waals surface area contributed by atoms with Crippen molar-refractivity contribution in [1.82, 2.24) is 15.0 Å². The summed E-state index contributed by atoms with van der Waals surface area (Å²) in [4.78, 5) is 25.0. The zero-order chi connectivity index (χ0) is 13.2. The second kappa shape index (κ2) is 5.14. The van der Waals surface area contributed by atoms with Crippen LogP contribution in [0.25, 0.3) is 11.3 Å². The SMILES string of the molecule is Cc1nc(-c2c[nH]c(C(=O)N3CCCCO3)c2)cs1. The molecule has 1 fully saturated rings. The summed E-state index contributed by atoms with van der Waals surface area (Å²) in [7, 11) is 0. The number of hydrogen-bond acceptors (Lipinski definition) is 4. The van der Waals surface area contributed by atoms with E-state index in [9.17, 15) is 4.79 Å². The molecule has 100 valence electrons. The lowest BCUT2D eigenvalue weighted by molar-refractivity contribution is -0.144. The number of H-pyrrole nitrogens is 1. The van der Waals surface area contributed by atoms with Gasteiger partial charge in [-0.3, -0.25) is 9.63 Å². The van der Waals surface area contributed by atoms with Gasteiger partial charge in [0.05, 0.1) is 17.3 Å². The number of aryl methyl sites for hydroxylation is 1. The molecule has 1 saturated heterocycles. The van der Waals surface area contributed by atoms with Crippen LogP contribution in [0.5, 0.6) is 0 Å². The average Bonchev–Trinajstić information content (AvgIpc) is 3.07. The van der Waals surface area contributed by atoms with Gasteiger partial charge in [-0.2, -0.15) is 0 Å². The van der Waals surface area contributed by atoms with E-state index in [-0.39, 0.29) is 5.91 Å². The molecule has 2 aromatic heterocycles. The van der Waals surface area contributed by atoms with Crippen molar-refractivity contribution in [3.8, 4) is 11.3 Å². The number of aromatic nitrogens is 2. The lowest BCUT2D eigenvalue weighted by Crippen LogP contribution is -2.35. The minimum absolute atomic E-state index is 0.113. The van der Waals surface area contributed by atoms with Gasteiger partial charge < -0.3 is 4.98 Å². The summed E-state index contributed by atoms with van der Waals surface area (Å²) in [5.74, 6) is -0.113. The molecule has 3 heterocycles. The van der Waals surface area contributed by atoms with Gasteiger partial charge in [-0.15, -0.1) is 11.3 Å². The van der Waals surface area contributed by atoms with Crippen LogP contribution in [-0.2, 0) is 4.84 Å². The Morgan fingerprint density at radius 2 is 2.42 bits per heavy atom. The molecule has 2 aromatic rings. The fourth-order valence-corrected chi connectivity index (χ4v) is 2.68. The number of nitrogens with one attached hydrogen (secondary N) is 1. The molecule has 1 amide bonds. The first-order valence-corrected chi connectivity index (χ1v) is 7.18. The van der Waals surface area contributed by atoms with Gasteiger partial charge in [-0.25, -0.2) is 10.0 Å². The van der Waals surface area contributed by atoms with E-state index in [1.807, 2.05) is 24.6 Å². The van der Waals surface area contributed by atoms with Gasteiger partial charge in [0.25, 0.3) is 5.91 Å². The Kier molecular flexibility index (Phi) is 3.35. The number of carbonyl (C=O) groups is 1. The molecular formula is C13H15N3O2S. The summed E-state index contributed by atoms with van der Waals surface area (Å²) in [5, 5.41) is 4.44. The number of nitrogens with zero attached hydrogens (tertiary/aromatic N) is 2. The van der Waals surface area contributed by atoms with E-state index in [1.165, 1.54) is 5.06 Å². The standard InChI is InChI=1S/C13H15N3O2S/c1-9-15-12(8-19-9)10-6-11(14-7-10)13(17)16-4-2-3-5-18-16/h6-8,14H,2-5H2,1H3. The van der Waals surface area contributed by atoms with Crippen molar-refractivity contribution in [3.05, 3.63) is 28.3 Å². The Labute approximate surface area is 115 Å². The lowest BCUT2D eigenvalue weighted by atomic mass is 10.2. The Morgan fingerprint density at radius 1 is 1.53 bits per heavy atom. The van der Waals surface area contributed by atoms with Gasteiger partial charge in [0.2, 0.25) is 0 Å². The number of aromatic amines is 1. The van der Waals surface area contributed by atoms with Crippen LogP contribution in [0.3, 0.4) is 0 Å². The quantitative estimate of drug-likeness (QED) is 0.918. The van der Waals surface area contributed by atoms with Crippen molar-refractivity contribution in [2.24, 2.45) is 0 Å². The number of carbonyl (C=O) groups excluding carboxylic acids is 1. The first-order valence-electron chi connectivity index (χ1n) is 6.30. The highest BCUT2D eigenvalue weighted by Crippen LogP contribution is 2.23. The van der Waals surface area contributed by atoms with E-state index < -0.39 is 0 Å². The summed E-state index contributed by atoms with van der Waals surface area (Å²) < 4.78 is 0. The maximum Gasteiger partial charge on any atom is 0.293 e. The smallest absolute Gasteiger partial charge is 0.293 e. The van der Waals surface area contributed by atoms with Crippen LogP contribution >= 0.6 is 11.3 Å². The molecule has 0 aromatic carbocycles. The zero-order valence-electron chi connectivity index (χ0n) is 10.7. The summed E-state index contributed by atoms with van der Waals surface area (Å²) in [5.41, 5.74) is 2.38. The predicted molar refractivity (Wildman–Crippen MR) is 72.9 cm³/mol. The van der Waals surface area contributed by atoms with Crippen LogP contribution in [0.4, 0.5) is 0 Å². The third-order valence-electron chi connectivity index (χ3n) is 3.06. The number of rotatable bonds is 2. The highest BCUT2D eigenvalue weighted by atomic mass is 32.1. The summed E-state index contributed by atoms with van der Waals surface area (Å²) in [6, 6.07) is 1.83. The van der Waals surface area contributed by atoms with Gasteiger partial charge in [0.1, 0.15) is 5.69 Å². The van der Waals surface area contributed by atoms with Gasteiger partial charge in [-0.05, 0) is 25.8 Å². The van der Waals surface area contributed by atoms with Crippen LogP contribution in [0.2, 0.25) is 0 Å². The van der Waals surface area contributed by atoms with Crippen LogP contribution in [0.15, 0.2) is 17.6 Å². The average molecular weight is 277 g/mol. The number of thiazole rings is 1. The van der Waals surface area contributed by atoms with E-state index in [0.717, 1.165) is 29.1 Å². The van der Waals surface area contributed by atoms with Crippen LogP contribution in [-0.4, -0.2) is 34.1 Å². The van der Waals surface area contributed by atoms with Crippen molar-refractivity contribution in [2.75, 3.05) is 13.2 Å². The molecule has 0 radical (unpaired) electrons. The second-order valence-corrected chi connectivity index (χ2v) is 5.56. The molecule has 1 aliphatic rings. The van der Waals surface area contributed by atoms with Crippen LogP contribution in [0, 0.1) is 6.92 Å². The predicted octanol–water partition coefficient (Wildman–Crippen LogP) is 2.61. The largest absolute Gasteiger partial charge is 0.356 e. The topological polar surface area (TPSA) is 58.2 Å². The maximum absolute atomic E-state index is 12.2. The van der Waals surface area contributed by atoms with Gasteiger partial charge in [0, 0.05) is 23.7 Å². The molecule has 0 unspecified atom stereocenters. The lowest BCUT2D eigenvalue weighted by Gasteiger charge is -2.25. The van der Waals surface area contributed by atoms with E-state index in [1.54, 1.807) is 11.3 Å². The molecule has 0 bridgehead atoms. The monoisotopic (exact) mass is 277 g/mol. The van der Waals surface area contributed by atoms with E-state index in [2.05, 4.69) is 9.97 Å². The molecule has 1 N–H and O–H groups in total. The highest BCUT2D eigenvalue weighted by Gasteiger charge is 2.21. The fraction of sp³-hybridized carbons (Fsp3) is 0.385. The van der Waals surface area contributed by atoms with Crippen molar-refractivity contribution < 1.29 is 9.63 Å². The van der Waals surface area contributed by atoms with Gasteiger partial charge in [0.15, 0.2) is 0 Å². The Balaban J connectivity index is 1.79. The Hall–Kier alpha value is -1.66. The van der Waals surface area contributed by atoms with Crippen LogP contribution < -0.4 is 0 Å². The van der Waals surface area contributed by atoms with E-state index in [4.69, 9.17) is 4.84 Å². The Bertz CT molecular complexity index is 584. The van der Waals surface area contributed by atoms with Crippen LogP contribution in [0.1, 0.15) is 28.3 Å². The first kappa shape index (κ1) is 12.4. The molecule has 0 spiro atoms. The summed E-state index contributed by atoms with van der Waals surface area (Å²) >= 11 is 1.60. The van der Waals surface area contributed by atoms with Crippen molar-refractivity contribution >= 4 is 17.2 Å². The Morgan fingerprint density at radius 3 is 3.11 bits per heavy atom. The fourth-order valence-electron chi connectivity index (χ4n) is 2.05. The van der Waals surface area contributed by atoms with E-state index >= 15 is 0 Å². The molecule has 6 heteroatoms. The third kappa shape index (κ3) is 2.54. The van der Waals surface area contributed by atoms with Crippen molar-refractivity contribution in [1.29, 1.82) is 0 Å². The number of hydroxylamine groups is 2. The molecule has 0 saturated carbocycles. The van der Waals surface area contributed by atoms with E-state index in [0.29, 0.717) is 18.8 Å². The summed E-state index contributed by atoms with van der Waals surface area (Å²) in [6.45, 7) is 3.24. The zero-order valence-corrected chi connectivity index (χ0v) is 11.5. The number of amides is 1. The highest BCUT2D eigenvalue weighted by molar-refractivity contribution is 7.09. The van der Waals surface area contributed by atoms with Crippen molar-refractivity contribution in [3.63, 3.8) is 0 Å². The summed E-state index contributed by atoms with van der Waals surface area (Å²) in [6.07, 6.45) is 3.81. The molecule has 3 rings (SSSR count). The third-order valence-corrected chi connectivity index (χ3v) is 3.83. The molecule has 5 nitrogen and oxygen atoms in total. The van der Waals surface area contributed by atoms with Crippen molar-refractivity contribution in [2.45, 2.75) is 19.8 Å². The van der Waals surface area contributed by atoms with Gasteiger partial charge in [-0.1, -0.05) is 0 Å². The molecular weight excluding hydrogens is 262 g/mol. The molecule has 0 aliphatic carbocycles. The molecule has 1 aliphatic heterocycles. The number of hydrogen-bond donors (Lipinski definition) is 1. The maximum atomic E-state index is 12.2. The molecule has 19 heavy (non-hydrogen) atoms. The molecule has 0 atom stereocenters. The minimum atomic E-state index is -0.113. The first-order chi connectivity index (χ1) is 9.24. The normalized spacial score (nSPS) is 15.7. The van der Waals surface area contributed by atoms with Gasteiger partial charge >= 0.3 is 0 Å². The second-order valence-electron chi connectivity index (χ2n) is 4.50. The minimum Gasteiger partial charge on any atom is -0.356 e.